The SMILES string of the molecule is C[Si](C)(CN1C[C@H](O)[C@@H](O)[C@H](O)C1CO)c1ccccc1. The Morgan fingerprint density at radius 3 is 2.29 bits per heavy atom. The number of piperidine rings is 1. The number of benzene rings is 1. The van der Waals surface area contributed by atoms with Gasteiger partial charge in [0.15, 0.2) is 0 Å². The molecular formula is C15H25NO4Si. The molecule has 0 radical (unpaired) electrons. The molecule has 0 bridgehead atoms. The van der Waals surface area contributed by atoms with Gasteiger partial charge in [0.1, 0.15) is 12.2 Å². The zero-order chi connectivity index (χ0) is 15.6. The number of nitrogens with zero attached hydrogens (tertiary/aromatic N) is 1. The minimum Gasteiger partial charge on any atom is -0.395 e. The molecular weight excluding hydrogens is 286 g/mol. The largest absolute Gasteiger partial charge is 0.395 e. The highest BCUT2D eigenvalue weighted by atomic mass is 28.3. The van der Waals surface area contributed by atoms with Crippen molar-refractivity contribution in [1.82, 2.24) is 4.90 Å². The first kappa shape index (κ1) is 16.6. The van der Waals surface area contributed by atoms with E-state index in [0.717, 1.165) is 0 Å². The smallest absolute Gasteiger partial charge is 0.109 e. The van der Waals surface area contributed by atoms with Gasteiger partial charge in [0, 0.05) is 6.54 Å². The first-order chi connectivity index (χ1) is 9.86. The van der Waals surface area contributed by atoms with Gasteiger partial charge in [-0.05, 0) is 6.17 Å². The molecule has 1 heterocycles. The van der Waals surface area contributed by atoms with E-state index in [1.807, 2.05) is 23.1 Å². The molecule has 5 nitrogen and oxygen atoms in total. The molecule has 1 unspecified atom stereocenters. The van der Waals surface area contributed by atoms with Crippen molar-refractivity contribution in [3.8, 4) is 0 Å². The standard InChI is InChI=1S/C15H25NO4Si/c1-21(2,11-6-4-3-5-7-11)10-16-8-13(18)15(20)14(19)12(16)9-17/h3-7,12-15,17-20H,8-10H2,1-2H3/t12?,13-,14+,15+/m0/s1. The van der Waals surface area contributed by atoms with Crippen molar-refractivity contribution >= 4 is 13.3 Å². The van der Waals surface area contributed by atoms with Crippen LogP contribution in [0.2, 0.25) is 13.1 Å². The molecule has 1 aromatic rings. The van der Waals surface area contributed by atoms with Crippen LogP contribution in [0.4, 0.5) is 0 Å². The Kier molecular flexibility index (Phi) is 5.18. The van der Waals surface area contributed by atoms with E-state index in [2.05, 4.69) is 25.2 Å². The van der Waals surface area contributed by atoms with Crippen LogP contribution >= 0.6 is 0 Å². The van der Waals surface area contributed by atoms with Crippen LogP contribution < -0.4 is 5.19 Å². The Balaban J connectivity index is 2.17. The number of aliphatic hydroxyl groups excluding tert-OH is 4. The Morgan fingerprint density at radius 2 is 1.71 bits per heavy atom. The van der Waals surface area contributed by atoms with E-state index in [-0.39, 0.29) is 13.2 Å². The second-order valence-corrected chi connectivity index (χ2v) is 11.1. The van der Waals surface area contributed by atoms with Crippen molar-refractivity contribution in [2.24, 2.45) is 0 Å². The summed E-state index contributed by atoms with van der Waals surface area (Å²) in [5.41, 5.74) is 0. The van der Waals surface area contributed by atoms with E-state index < -0.39 is 32.4 Å². The first-order valence-corrected chi connectivity index (χ1v) is 10.5. The van der Waals surface area contributed by atoms with Crippen LogP contribution in [-0.4, -0.2) is 77.1 Å². The van der Waals surface area contributed by atoms with E-state index in [0.29, 0.717) is 6.17 Å². The van der Waals surface area contributed by atoms with Gasteiger partial charge in [-0.2, -0.15) is 0 Å². The van der Waals surface area contributed by atoms with E-state index in [4.69, 9.17) is 0 Å². The van der Waals surface area contributed by atoms with Gasteiger partial charge in [-0.15, -0.1) is 0 Å². The molecule has 1 fully saturated rings. The quantitative estimate of drug-likeness (QED) is 0.531. The number of likely N-dealkylation sites (tertiary alicyclic amines) is 1. The molecule has 1 saturated heterocycles. The van der Waals surface area contributed by atoms with Crippen LogP contribution in [0.5, 0.6) is 0 Å². The number of aliphatic hydroxyl groups is 4. The highest BCUT2D eigenvalue weighted by Crippen LogP contribution is 2.21. The maximum atomic E-state index is 10.0. The van der Waals surface area contributed by atoms with Crippen LogP contribution in [0, 0.1) is 0 Å². The van der Waals surface area contributed by atoms with Crippen LogP contribution in [0.3, 0.4) is 0 Å². The molecule has 21 heavy (non-hydrogen) atoms. The summed E-state index contributed by atoms with van der Waals surface area (Å²) in [5.74, 6) is 0. The minimum atomic E-state index is -1.80. The van der Waals surface area contributed by atoms with E-state index in [1.165, 1.54) is 5.19 Å². The third-order valence-electron chi connectivity index (χ3n) is 4.37. The van der Waals surface area contributed by atoms with Crippen molar-refractivity contribution < 1.29 is 20.4 Å². The number of hydrogen-bond donors (Lipinski definition) is 4. The summed E-state index contributed by atoms with van der Waals surface area (Å²) in [6.07, 6.45) is -2.59. The lowest BCUT2D eigenvalue weighted by molar-refractivity contribution is -0.141. The molecule has 6 heteroatoms. The van der Waals surface area contributed by atoms with Crippen LogP contribution in [-0.2, 0) is 0 Å². The molecule has 118 valence electrons. The van der Waals surface area contributed by atoms with Gasteiger partial charge in [-0.25, -0.2) is 0 Å². The summed E-state index contributed by atoms with van der Waals surface area (Å²) in [4.78, 5) is 1.92. The molecule has 4 N–H and O–H groups in total. The fourth-order valence-corrected chi connectivity index (χ4v) is 5.70. The average Bonchev–Trinajstić information content (AvgIpc) is 2.46. The Labute approximate surface area is 126 Å². The number of β-amino-alcohol motifs (C(OH)–C–C–N with tert-alkyl or cyclic N) is 1. The fourth-order valence-electron chi connectivity index (χ4n) is 3.05. The highest BCUT2D eigenvalue weighted by Gasteiger charge is 2.43. The summed E-state index contributed by atoms with van der Waals surface area (Å²) >= 11 is 0. The lowest BCUT2D eigenvalue weighted by atomic mass is 9.95. The maximum absolute atomic E-state index is 10.0. The van der Waals surface area contributed by atoms with Gasteiger partial charge >= 0.3 is 0 Å². The molecule has 0 saturated carbocycles. The molecule has 0 amide bonds. The summed E-state index contributed by atoms with van der Waals surface area (Å²) in [5, 5.41) is 40.5. The van der Waals surface area contributed by atoms with Crippen molar-refractivity contribution in [1.29, 1.82) is 0 Å². The van der Waals surface area contributed by atoms with Gasteiger partial charge in [-0.1, -0.05) is 48.6 Å². The molecule has 1 aliphatic rings. The van der Waals surface area contributed by atoms with Gasteiger partial charge in [-0.3, -0.25) is 4.90 Å². The van der Waals surface area contributed by atoms with Crippen LogP contribution in [0.1, 0.15) is 0 Å². The van der Waals surface area contributed by atoms with E-state index in [9.17, 15) is 20.4 Å². The van der Waals surface area contributed by atoms with Gasteiger partial charge < -0.3 is 20.4 Å². The first-order valence-electron chi connectivity index (χ1n) is 7.31. The third-order valence-corrected chi connectivity index (χ3v) is 7.46. The van der Waals surface area contributed by atoms with Crippen LogP contribution in [0.15, 0.2) is 30.3 Å². The number of rotatable bonds is 4. The fraction of sp³-hybridized carbons (Fsp3) is 0.600. The maximum Gasteiger partial charge on any atom is 0.109 e. The van der Waals surface area contributed by atoms with Crippen molar-refractivity contribution in [3.05, 3.63) is 30.3 Å². The monoisotopic (exact) mass is 311 g/mol. The predicted octanol–water partition coefficient (Wildman–Crippen LogP) is -1.10. The normalized spacial score (nSPS) is 31.3. The van der Waals surface area contributed by atoms with Gasteiger partial charge in [0.05, 0.1) is 26.8 Å². The zero-order valence-electron chi connectivity index (χ0n) is 12.6. The van der Waals surface area contributed by atoms with Crippen molar-refractivity contribution in [3.63, 3.8) is 0 Å². The topological polar surface area (TPSA) is 84.2 Å². The molecule has 0 spiro atoms. The van der Waals surface area contributed by atoms with Crippen molar-refractivity contribution in [2.75, 3.05) is 19.3 Å². The molecule has 1 aromatic carbocycles. The highest BCUT2D eigenvalue weighted by molar-refractivity contribution is 6.89. The summed E-state index contributed by atoms with van der Waals surface area (Å²) in [6, 6.07) is 9.68. The minimum absolute atomic E-state index is 0.232. The average molecular weight is 311 g/mol. The summed E-state index contributed by atoms with van der Waals surface area (Å²) in [6.45, 7) is 4.48. The van der Waals surface area contributed by atoms with Crippen LogP contribution in [0.25, 0.3) is 0 Å². The molecule has 0 aliphatic carbocycles. The van der Waals surface area contributed by atoms with Gasteiger partial charge in [0.2, 0.25) is 0 Å². The summed E-state index contributed by atoms with van der Waals surface area (Å²) < 4.78 is 0. The molecule has 2 rings (SSSR count). The predicted molar refractivity (Wildman–Crippen MR) is 84.0 cm³/mol. The second-order valence-electron chi connectivity index (χ2n) is 6.48. The Hall–Kier alpha value is -0.763. The third kappa shape index (κ3) is 3.53. The van der Waals surface area contributed by atoms with E-state index >= 15 is 0 Å². The molecule has 4 atom stereocenters. The van der Waals surface area contributed by atoms with E-state index in [1.54, 1.807) is 0 Å². The van der Waals surface area contributed by atoms with Gasteiger partial charge in [0.25, 0.3) is 0 Å². The lowest BCUT2D eigenvalue weighted by Gasteiger charge is -2.45. The Bertz CT molecular complexity index is 456. The second kappa shape index (κ2) is 6.56. The van der Waals surface area contributed by atoms with Crippen molar-refractivity contribution in [2.45, 2.75) is 37.4 Å². The zero-order valence-corrected chi connectivity index (χ0v) is 13.6. The summed E-state index contributed by atoms with van der Waals surface area (Å²) in [7, 11) is -1.80. The Morgan fingerprint density at radius 1 is 1.10 bits per heavy atom. The lowest BCUT2D eigenvalue weighted by Crippen LogP contribution is -2.66. The molecule has 1 aliphatic heterocycles. The molecule has 0 aromatic heterocycles. The number of hydrogen-bond acceptors (Lipinski definition) is 5.